The maximum Gasteiger partial charge on any atom is 0.238 e. The Morgan fingerprint density at radius 2 is 2.55 bits per heavy atom. The highest BCUT2D eigenvalue weighted by Gasteiger charge is 1.93. The van der Waals surface area contributed by atoms with Crippen molar-refractivity contribution in [1.29, 1.82) is 0 Å². The lowest BCUT2D eigenvalue weighted by molar-refractivity contribution is 0.576. The normalized spacial score (nSPS) is 10.3. The summed E-state index contributed by atoms with van der Waals surface area (Å²) in [6.45, 7) is 0.882. The van der Waals surface area contributed by atoms with Crippen LogP contribution in [0, 0.1) is 4.77 Å². The zero-order valence-electron chi connectivity index (χ0n) is 6.28. The van der Waals surface area contributed by atoms with Gasteiger partial charge in [-0.25, -0.2) is 4.68 Å². The number of hydrogen-bond acceptors (Lipinski definition) is 4. The van der Waals surface area contributed by atoms with Gasteiger partial charge in [0.1, 0.15) is 0 Å². The maximum absolute atomic E-state index is 4.89. The first-order valence-corrected chi connectivity index (χ1v) is 5.11. The van der Waals surface area contributed by atoms with Gasteiger partial charge in [-0.1, -0.05) is 10.3 Å². The van der Waals surface area contributed by atoms with Gasteiger partial charge in [-0.15, -0.1) is 0 Å². The molecule has 0 aliphatic rings. The van der Waals surface area contributed by atoms with Crippen LogP contribution in [0.25, 0.3) is 0 Å². The second-order valence-electron chi connectivity index (χ2n) is 2.08. The summed E-state index contributed by atoms with van der Waals surface area (Å²) in [5, 5.41) is 9.94. The fourth-order valence-corrected chi connectivity index (χ4v) is 1.32. The molecule has 0 aliphatic carbocycles. The molecule has 1 aromatic heterocycles. The number of thioether (sulfide) groups is 1. The highest BCUT2D eigenvalue weighted by atomic mass is 32.2. The number of nitrogens with zero attached hydrogens (tertiary/aromatic N) is 3. The van der Waals surface area contributed by atoms with Gasteiger partial charge in [-0.3, -0.25) is 0 Å². The molecule has 0 bridgehead atoms. The van der Waals surface area contributed by atoms with Crippen molar-refractivity contribution in [3.05, 3.63) is 4.77 Å². The monoisotopic (exact) mass is 190 g/mol. The quantitative estimate of drug-likeness (QED) is 0.570. The Labute approximate surface area is 74.4 Å². The van der Waals surface area contributed by atoms with Gasteiger partial charge in [-0.2, -0.15) is 17.0 Å². The van der Waals surface area contributed by atoms with E-state index in [2.05, 4.69) is 21.8 Å². The van der Waals surface area contributed by atoms with Gasteiger partial charge in [-0.05, 0) is 30.6 Å². The molecule has 0 saturated carbocycles. The van der Waals surface area contributed by atoms with E-state index in [0.717, 1.165) is 18.7 Å². The summed E-state index contributed by atoms with van der Waals surface area (Å²) in [6.07, 6.45) is 3.18. The van der Waals surface area contributed by atoms with Gasteiger partial charge in [0, 0.05) is 6.54 Å². The van der Waals surface area contributed by atoms with Crippen molar-refractivity contribution >= 4 is 24.0 Å². The smallest absolute Gasteiger partial charge is 0.238 e. The second-order valence-corrected chi connectivity index (χ2v) is 3.43. The highest BCUT2D eigenvalue weighted by Crippen LogP contribution is 1.97. The van der Waals surface area contributed by atoms with E-state index in [4.69, 9.17) is 12.2 Å². The molecule has 0 atom stereocenters. The number of aromatic amines is 1. The van der Waals surface area contributed by atoms with Gasteiger partial charge in [0.15, 0.2) is 0 Å². The summed E-state index contributed by atoms with van der Waals surface area (Å²) in [6, 6.07) is 0. The molecule has 1 heterocycles. The predicted molar refractivity (Wildman–Crippen MR) is 48.2 cm³/mol. The Kier molecular flexibility index (Phi) is 3.58. The zero-order chi connectivity index (χ0) is 8.10. The summed E-state index contributed by atoms with van der Waals surface area (Å²) in [4.78, 5) is 0. The first-order valence-electron chi connectivity index (χ1n) is 3.31. The second kappa shape index (κ2) is 4.50. The molecule has 0 aliphatic heterocycles. The van der Waals surface area contributed by atoms with Crippen LogP contribution in [0.1, 0.15) is 6.42 Å². The van der Waals surface area contributed by atoms with Crippen molar-refractivity contribution in [3.63, 3.8) is 0 Å². The van der Waals surface area contributed by atoms with Crippen molar-refractivity contribution in [2.75, 3.05) is 12.0 Å². The molecule has 1 N–H and O–H groups in total. The lowest BCUT2D eigenvalue weighted by atomic mass is 10.5. The molecule has 0 aromatic carbocycles. The summed E-state index contributed by atoms with van der Waals surface area (Å²) >= 11 is 6.71. The number of aryl methyl sites for hydroxylation is 1. The fourth-order valence-electron chi connectivity index (χ4n) is 0.729. The Morgan fingerprint density at radius 1 is 1.73 bits per heavy atom. The van der Waals surface area contributed by atoms with Crippen LogP contribution >= 0.6 is 24.0 Å². The van der Waals surface area contributed by atoms with Crippen LogP contribution < -0.4 is 0 Å². The minimum Gasteiger partial charge on any atom is -0.242 e. The number of nitrogens with one attached hydrogen (secondary N) is 1. The molecule has 11 heavy (non-hydrogen) atoms. The first kappa shape index (κ1) is 8.73. The molecular formula is C5H10N4S2. The Bertz CT molecular complexity index is 253. The molecule has 1 rings (SSSR count). The van der Waals surface area contributed by atoms with Crippen LogP contribution in [0.2, 0.25) is 0 Å². The third-order valence-corrected chi connectivity index (χ3v) is 2.26. The Morgan fingerprint density at radius 3 is 3.09 bits per heavy atom. The Hall–Kier alpha value is -0.360. The van der Waals surface area contributed by atoms with Gasteiger partial charge >= 0.3 is 0 Å². The van der Waals surface area contributed by atoms with E-state index in [1.54, 1.807) is 4.68 Å². The zero-order valence-corrected chi connectivity index (χ0v) is 7.91. The molecule has 62 valence electrons. The van der Waals surface area contributed by atoms with Crippen molar-refractivity contribution in [2.24, 2.45) is 0 Å². The van der Waals surface area contributed by atoms with Crippen molar-refractivity contribution in [3.8, 4) is 0 Å². The number of rotatable bonds is 4. The molecule has 0 fully saturated rings. The molecule has 0 radical (unpaired) electrons. The van der Waals surface area contributed by atoms with Gasteiger partial charge in [0.2, 0.25) is 4.77 Å². The lowest BCUT2D eigenvalue weighted by Crippen LogP contribution is -2.01. The minimum atomic E-state index is 0.533. The first-order chi connectivity index (χ1) is 5.34. The summed E-state index contributed by atoms with van der Waals surface area (Å²) < 4.78 is 2.30. The van der Waals surface area contributed by atoms with E-state index in [9.17, 15) is 0 Å². The van der Waals surface area contributed by atoms with Crippen LogP contribution in [0.4, 0.5) is 0 Å². The van der Waals surface area contributed by atoms with Crippen LogP contribution in [0.3, 0.4) is 0 Å². The third-order valence-electron chi connectivity index (χ3n) is 1.26. The number of hydrogen-bond donors (Lipinski definition) is 1. The molecule has 0 saturated heterocycles. The molecule has 0 unspecified atom stereocenters. The van der Waals surface area contributed by atoms with Crippen molar-refractivity contribution in [2.45, 2.75) is 13.0 Å². The van der Waals surface area contributed by atoms with Crippen LogP contribution in [0.5, 0.6) is 0 Å². The predicted octanol–water partition coefficient (Wildman–Crippen LogP) is 1.09. The van der Waals surface area contributed by atoms with E-state index < -0.39 is 0 Å². The van der Waals surface area contributed by atoms with E-state index in [-0.39, 0.29) is 0 Å². The van der Waals surface area contributed by atoms with Crippen LogP contribution in [-0.2, 0) is 6.54 Å². The van der Waals surface area contributed by atoms with E-state index >= 15 is 0 Å². The standard InChI is InChI=1S/C5H10N4S2/c1-11-4-2-3-9-5(10)6-7-8-9/h2-4H2,1H3,(H,6,8,10). The van der Waals surface area contributed by atoms with Crippen LogP contribution in [-0.4, -0.2) is 32.2 Å². The number of H-pyrrole nitrogens is 1. The average Bonchev–Trinajstić information content (AvgIpc) is 2.37. The average molecular weight is 190 g/mol. The summed E-state index contributed by atoms with van der Waals surface area (Å²) in [7, 11) is 0. The Balaban J connectivity index is 2.39. The van der Waals surface area contributed by atoms with E-state index in [1.807, 2.05) is 11.8 Å². The summed E-state index contributed by atoms with van der Waals surface area (Å²) in [5.41, 5.74) is 0. The van der Waals surface area contributed by atoms with Crippen molar-refractivity contribution in [1.82, 2.24) is 20.2 Å². The fraction of sp³-hybridized carbons (Fsp3) is 0.800. The summed E-state index contributed by atoms with van der Waals surface area (Å²) in [5.74, 6) is 1.14. The topological polar surface area (TPSA) is 46.5 Å². The molecule has 4 nitrogen and oxygen atoms in total. The highest BCUT2D eigenvalue weighted by molar-refractivity contribution is 7.98. The molecule has 0 amide bonds. The lowest BCUT2D eigenvalue weighted by Gasteiger charge is -1.97. The molecular weight excluding hydrogens is 180 g/mol. The maximum atomic E-state index is 4.89. The largest absolute Gasteiger partial charge is 0.242 e. The SMILES string of the molecule is CSCCCn1[nH]nnc1=S. The molecule has 6 heteroatoms. The van der Waals surface area contributed by atoms with Crippen LogP contribution in [0.15, 0.2) is 0 Å². The van der Waals surface area contributed by atoms with Gasteiger partial charge in [0.05, 0.1) is 0 Å². The van der Waals surface area contributed by atoms with Gasteiger partial charge in [0.25, 0.3) is 0 Å². The van der Waals surface area contributed by atoms with E-state index in [0.29, 0.717) is 4.77 Å². The number of aromatic nitrogens is 4. The molecule has 0 spiro atoms. The minimum absolute atomic E-state index is 0.533. The van der Waals surface area contributed by atoms with E-state index in [1.165, 1.54) is 0 Å². The third kappa shape index (κ3) is 2.63. The van der Waals surface area contributed by atoms with Crippen molar-refractivity contribution < 1.29 is 0 Å². The molecule has 1 aromatic rings. The van der Waals surface area contributed by atoms with Gasteiger partial charge < -0.3 is 0 Å². The number of tetrazole rings is 1.